The van der Waals surface area contributed by atoms with Gasteiger partial charge in [-0.05, 0) is 37.5 Å². The minimum absolute atomic E-state index is 0.133. The highest BCUT2D eigenvalue weighted by Crippen LogP contribution is 2.41. The van der Waals surface area contributed by atoms with Gasteiger partial charge in [-0.15, -0.1) is 11.6 Å². The van der Waals surface area contributed by atoms with Crippen LogP contribution in [0, 0.1) is 0 Å². The lowest BCUT2D eigenvalue weighted by Crippen LogP contribution is -2.45. The number of fused-ring (bicyclic) bond motifs is 1. The Hall–Kier alpha value is -1.93. The molecule has 0 bridgehead atoms. The number of urea groups is 1. The van der Waals surface area contributed by atoms with Crippen molar-refractivity contribution in [2.45, 2.75) is 25.8 Å². The van der Waals surface area contributed by atoms with E-state index in [2.05, 4.69) is 26.6 Å². The summed E-state index contributed by atoms with van der Waals surface area (Å²) >= 11 is 9.12. The van der Waals surface area contributed by atoms with Crippen LogP contribution < -0.4 is 20.1 Å². The summed E-state index contributed by atoms with van der Waals surface area (Å²) in [6.45, 7) is 2.07. The summed E-state index contributed by atoms with van der Waals surface area (Å²) in [4.78, 5) is 24.6. The van der Waals surface area contributed by atoms with Crippen molar-refractivity contribution in [1.82, 2.24) is 10.6 Å². The van der Waals surface area contributed by atoms with Crippen LogP contribution in [-0.4, -0.2) is 31.3 Å². The lowest BCUT2D eigenvalue weighted by atomic mass is 9.95. The van der Waals surface area contributed by atoms with E-state index in [-0.39, 0.29) is 13.4 Å². The fraction of sp³-hybridized carbons (Fsp3) is 0.412. The maximum atomic E-state index is 12.6. The molecule has 26 heavy (non-hydrogen) atoms. The van der Waals surface area contributed by atoms with Crippen molar-refractivity contribution in [3.63, 3.8) is 0 Å². The van der Waals surface area contributed by atoms with Crippen molar-refractivity contribution in [2.24, 2.45) is 0 Å². The molecule has 1 aromatic carbocycles. The molecule has 0 saturated carbocycles. The van der Waals surface area contributed by atoms with Gasteiger partial charge in [0.25, 0.3) is 0 Å². The molecule has 0 radical (unpaired) electrons. The topological polar surface area (TPSA) is 85.9 Å². The first-order chi connectivity index (χ1) is 12.5. The first kappa shape index (κ1) is 18.8. The summed E-state index contributed by atoms with van der Waals surface area (Å²) in [5.41, 5.74) is 1.47. The SMILES string of the molecule is CC1=C(C(=O)OCCCCCl)[C@H](c2cc3c(cc2Br)OCO3)NC(=O)N1. The van der Waals surface area contributed by atoms with E-state index in [9.17, 15) is 9.59 Å². The van der Waals surface area contributed by atoms with Crippen molar-refractivity contribution in [3.8, 4) is 11.5 Å². The highest BCUT2D eigenvalue weighted by atomic mass is 79.9. The van der Waals surface area contributed by atoms with Crippen molar-refractivity contribution in [2.75, 3.05) is 19.3 Å². The van der Waals surface area contributed by atoms with Crippen molar-refractivity contribution < 1.29 is 23.8 Å². The Morgan fingerprint density at radius 3 is 2.81 bits per heavy atom. The van der Waals surface area contributed by atoms with Gasteiger partial charge >= 0.3 is 12.0 Å². The zero-order chi connectivity index (χ0) is 18.7. The Balaban J connectivity index is 1.90. The number of esters is 1. The second kappa shape index (κ2) is 8.18. The Labute approximate surface area is 164 Å². The molecule has 2 heterocycles. The average molecular weight is 446 g/mol. The number of unbranched alkanes of at least 4 members (excludes halogenated alkanes) is 1. The maximum absolute atomic E-state index is 12.6. The standard InChI is InChI=1S/C17H18BrClN2O5/c1-9-14(16(22)24-5-3-2-4-19)15(21-17(23)20-9)10-6-12-13(7-11(10)18)26-8-25-12/h6-7,15H,2-5,8H2,1H3,(H2,20,21,23)/t15-/m0/s1. The van der Waals surface area contributed by atoms with Gasteiger partial charge in [-0.2, -0.15) is 0 Å². The highest BCUT2D eigenvalue weighted by molar-refractivity contribution is 9.10. The van der Waals surface area contributed by atoms with E-state index in [0.29, 0.717) is 45.1 Å². The number of ether oxygens (including phenoxy) is 3. The number of carbonyl (C=O) groups excluding carboxylic acids is 2. The molecule has 0 saturated heterocycles. The van der Waals surface area contributed by atoms with Crippen molar-refractivity contribution >= 4 is 39.5 Å². The number of benzene rings is 1. The summed E-state index contributed by atoms with van der Waals surface area (Å²) in [6.07, 6.45) is 1.44. The van der Waals surface area contributed by atoms with Crippen LogP contribution in [0.5, 0.6) is 11.5 Å². The van der Waals surface area contributed by atoms with E-state index >= 15 is 0 Å². The summed E-state index contributed by atoms with van der Waals surface area (Å²) in [6, 6.07) is 2.44. The second-order valence-electron chi connectivity index (χ2n) is 5.83. The molecule has 0 unspecified atom stereocenters. The number of nitrogens with one attached hydrogen (secondary N) is 2. The molecular formula is C17H18BrClN2O5. The zero-order valence-electron chi connectivity index (χ0n) is 14.1. The maximum Gasteiger partial charge on any atom is 0.338 e. The molecule has 7 nitrogen and oxygen atoms in total. The summed E-state index contributed by atoms with van der Waals surface area (Å²) in [5, 5.41) is 5.39. The van der Waals surface area contributed by atoms with E-state index < -0.39 is 18.0 Å². The molecule has 2 aliphatic rings. The van der Waals surface area contributed by atoms with E-state index in [1.807, 2.05) is 0 Å². The smallest absolute Gasteiger partial charge is 0.338 e. The molecule has 0 fully saturated rings. The predicted octanol–water partition coefficient (Wildman–Crippen LogP) is 3.37. The normalized spacial score (nSPS) is 18.4. The van der Waals surface area contributed by atoms with Gasteiger partial charge in [-0.3, -0.25) is 0 Å². The van der Waals surface area contributed by atoms with E-state index in [1.54, 1.807) is 19.1 Å². The first-order valence-corrected chi connectivity index (χ1v) is 9.44. The zero-order valence-corrected chi connectivity index (χ0v) is 16.4. The molecular weight excluding hydrogens is 428 g/mol. The van der Waals surface area contributed by atoms with Crippen LogP contribution in [0.3, 0.4) is 0 Å². The number of hydrogen-bond acceptors (Lipinski definition) is 5. The molecule has 140 valence electrons. The second-order valence-corrected chi connectivity index (χ2v) is 7.06. The molecule has 9 heteroatoms. The van der Waals surface area contributed by atoms with Crippen LogP contribution >= 0.6 is 27.5 Å². The Bertz CT molecular complexity index is 768. The molecule has 1 atom stereocenters. The van der Waals surface area contributed by atoms with Crippen LogP contribution in [0.4, 0.5) is 4.79 Å². The molecule has 2 aliphatic heterocycles. The van der Waals surface area contributed by atoms with Gasteiger partial charge in [0.2, 0.25) is 6.79 Å². The molecule has 0 aromatic heterocycles. The molecule has 2 N–H and O–H groups in total. The Morgan fingerprint density at radius 2 is 2.08 bits per heavy atom. The van der Waals surface area contributed by atoms with Gasteiger partial charge in [0.1, 0.15) is 0 Å². The largest absolute Gasteiger partial charge is 0.462 e. The Morgan fingerprint density at radius 1 is 1.35 bits per heavy atom. The fourth-order valence-electron chi connectivity index (χ4n) is 2.79. The summed E-state index contributed by atoms with van der Waals surface area (Å²) in [5.74, 6) is 1.19. The number of carbonyl (C=O) groups is 2. The fourth-order valence-corrected chi connectivity index (χ4v) is 3.53. The van der Waals surface area contributed by atoms with Gasteiger partial charge in [0, 0.05) is 16.0 Å². The molecule has 2 amide bonds. The van der Waals surface area contributed by atoms with E-state index in [0.717, 1.165) is 6.42 Å². The number of amides is 2. The molecule has 0 spiro atoms. The third-order valence-electron chi connectivity index (χ3n) is 4.05. The van der Waals surface area contributed by atoms with Crippen LogP contribution in [0.25, 0.3) is 0 Å². The molecule has 0 aliphatic carbocycles. The van der Waals surface area contributed by atoms with E-state index in [1.165, 1.54) is 0 Å². The van der Waals surface area contributed by atoms with Gasteiger partial charge in [-0.1, -0.05) is 15.9 Å². The predicted molar refractivity (Wildman–Crippen MR) is 98.3 cm³/mol. The van der Waals surface area contributed by atoms with E-state index in [4.69, 9.17) is 25.8 Å². The number of alkyl halides is 1. The lowest BCUT2D eigenvalue weighted by Gasteiger charge is -2.29. The summed E-state index contributed by atoms with van der Waals surface area (Å²) < 4.78 is 16.8. The van der Waals surface area contributed by atoms with Crippen LogP contribution in [0.1, 0.15) is 31.4 Å². The van der Waals surface area contributed by atoms with Gasteiger partial charge < -0.3 is 24.8 Å². The Kier molecular flexibility index (Phi) is 5.93. The number of hydrogen-bond donors (Lipinski definition) is 2. The van der Waals surface area contributed by atoms with Crippen LogP contribution in [-0.2, 0) is 9.53 Å². The monoisotopic (exact) mass is 444 g/mol. The highest BCUT2D eigenvalue weighted by Gasteiger charge is 2.34. The minimum Gasteiger partial charge on any atom is -0.462 e. The molecule has 1 aromatic rings. The van der Waals surface area contributed by atoms with Gasteiger partial charge in [0.15, 0.2) is 11.5 Å². The quantitative estimate of drug-likeness (QED) is 0.398. The number of rotatable bonds is 6. The van der Waals surface area contributed by atoms with Gasteiger partial charge in [-0.25, -0.2) is 9.59 Å². The molecule has 3 rings (SSSR count). The van der Waals surface area contributed by atoms with Crippen molar-refractivity contribution in [1.29, 1.82) is 0 Å². The third-order valence-corrected chi connectivity index (χ3v) is 5.01. The lowest BCUT2D eigenvalue weighted by molar-refractivity contribution is -0.139. The third kappa shape index (κ3) is 3.91. The number of halogens is 2. The van der Waals surface area contributed by atoms with Gasteiger partial charge in [0.05, 0.1) is 18.2 Å². The van der Waals surface area contributed by atoms with Crippen LogP contribution in [0.15, 0.2) is 27.9 Å². The van der Waals surface area contributed by atoms with Crippen LogP contribution in [0.2, 0.25) is 0 Å². The first-order valence-electron chi connectivity index (χ1n) is 8.11. The van der Waals surface area contributed by atoms with Crippen molar-refractivity contribution in [3.05, 3.63) is 33.4 Å². The summed E-state index contributed by atoms with van der Waals surface area (Å²) in [7, 11) is 0. The number of allylic oxidation sites excluding steroid dienone is 1. The average Bonchev–Trinajstić information content (AvgIpc) is 3.04. The minimum atomic E-state index is -0.673.